The number of hydrogen-bond donors (Lipinski definition) is 2. The van der Waals surface area contributed by atoms with Crippen molar-refractivity contribution in [3.05, 3.63) is 46.7 Å². The maximum atomic E-state index is 12.1. The molecular weight excluding hydrogens is 366 g/mol. The Kier molecular flexibility index (Phi) is 7.06. The molecule has 2 aromatic rings. The lowest BCUT2D eigenvalue weighted by Crippen LogP contribution is -2.42. The number of anilines is 1. The summed E-state index contributed by atoms with van der Waals surface area (Å²) < 4.78 is 10.8. The lowest BCUT2D eigenvalue weighted by molar-refractivity contribution is -0.137. The van der Waals surface area contributed by atoms with Gasteiger partial charge in [-0.2, -0.15) is 0 Å². The number of amides is 3. The standard InChI is InChI=1S/C19H23N3O4S/c23-18(22-8-10-25-11-9-22)14-26-16-4-1-3-15(13-16)21-19(24)20-7-6-17-5-2-12-27-17/h1-5,12-13H,6-11,14H2,(H2,20,21,24). The third-order valence-electron chi connectivity index (χ3n) is 4.06. The second-order valence-electron chi connectivity index (χ2n) is 6.02. The van der Waals surface area contributed by atoms with Crippen molar-refractivity contribution in [2.75, 3.05) is 44.8 Å². The Hall–Kier alpha value is -2.58. The molecule has 1 saturated heterocycles. The first-order chi connectivity index (χ1) is 13.2. The summed E-state index contributed by atoms with van der Waals surface area (Å²) in [5.41, 5.74) is 0.611. The Morgan fingerprint density at radius 2 is 2.04 bits per heavy atom. The third kappa shape index (κ3) is 6.26. The van der Waals surface area contributed by atoms with E-state index < -0.39 is 0 Å². The Labute approximate surface area is 162 Å². The van der Waals surface area contributed by atoms with Crippen LogP contribution in [0.4, 0.5) is 10.5 Å². The molecule has 7 nitrogen and oxygen atoms in total. The van der Waals surface area contributed by atoms with Crippen LogP contribution in [0.3, 0.4) is 0 Å². The first kappa shape index (κ1) is 19.2. The zero-order valence-electron chi connectivity index (χ0n) is 15.0. The summed E-state index contributed by atoms with van der Waals surface area (Å²) in [6.07, 6.45) is 0.803. The largest absolute Gasteiger partial charge is 0.484 e. The first-order valence-corrected chi connectivity index (χ1v) is 9.74. The second kappa shape index (κ2) is 9.94. The SMILES string of the molecule is O=C(NCCc1cccs1)Nc1cccc(OCC(=O)N2CCOCC2)c1. The van der Waals surface area contributed by atoms with Gasteiger partial charge >= 0.3 is 6.03 Å². The van der Waals surface area contributed by atoms with Crippen molar-refractivity contribution in [3.63, 3.8) is 0 Å². The van der Waals surface area contributed by atoms with Gasteiger partial charge in [-0.05, 0) is 30.0 Å². The van der Waals surface area contributed by atoms with Crippen LogP contribution in [0.25, 0.3) is 0 Å². The van der Waals surface area contributed by atoms with Crippen LogP contribution >= 0.6 is 11.3 Å². The summed E-state index contributed by atoms with van der Waals surface area (Å²) in [4.78, 5) is 27.1. The predicted octanol–water partition coefficient (Wildman–Crippen LogP) is 2.35. The van der Waals surface area contributed by atoms with Crippen molar-refractivity contribution < 1.29 is 19.1 Å². The highest BCUT2D eigenvalue weighted by atomic mass is 32.1. The quantitative estimate of drug-likeness (QED) is 0.762. The molecule has 0 aliphatic carbocycles. The average Bonchev–Trinajstić information content (AvgIpc) is 3.20. The molecule has 2 N–H and O–H groups in total. The molecule has 0 unspecified atom stereocenters. The van der Waals surface area contributed by atoms with E-state index in [2.05, 4.69) is 10.6 Å². The van der Waals surface area contributed by atoms with Gasteiger partial charge in [-0.3, -0.25) is 4.79 Å². The zero-order valence-corrected chi connectivity index (χ0v) is 15.8. The summed E-state index contributed by atoms with van der Waals surface area (Å²) in [6.45, 7) is 2.84. The minimum atomic E-state index is -0.270. The maximum absolute atomic E-state index is 12.1. The number of benzene rings is 1. The fraction of sp³-hybridized carbons (Fsp3) is 0.368. The van der Waals surface area contributed by atoms with E-state index in [1.165, 1.54) is 4.88 Å². The molecule has 1 aromatic carbocycles. The number of ether oxygens (including phenoxy) is 2. The topological polar surface area (TPSA) is 79.9 Å². The average molecular weight is 389 g/mol. The summed E-state index contributed by atoms with van der Waals surface area (Å²) >= 11 is 1.67. The molecule has 3 rings (SSSR count). The number of urea groups is 1. The summed E-state index contributed by atoms with van der Waals surface area (Å²) in [6, 6.07) is 10.8. The number of carbonyl (C=O) groups is 2. The lowest BCUT2D eigenvalue weighted by Gasteiger charge is -2.26. The highest BCUT2D eigenvalue weighted by Crippen LogP contribution is 2.17. The van der Waals surface area contributed by atoms with Gasteiger partial charge in [0.15, 0.2) is 6.61 Å². The van der Waals surface area contributed by atoms with Crippen LogP contribution in [0.15, 0.2) is 41.8 Å². The lowest BCUT2D eigenvalue weighted by atomic mass is 10.3. The van der Waals surface area contributed by atoms with Gasteiger partial charge in [-0.1, -0.05) is 12.1 Å². The molecular formula is C19H23N3O4S. The number of hydrogen-bond acceptors (Lipinski definition) is 5. The molecule has 0 saturated carbocycles. The molecule has 1 aromatic heterocycles. The van der Waals surface area contributed by atoms with Crippen molar-refractivity contribution >= 4 is 29.0 Å². The minimum absolute atomic E-state index is 0.0313. The molecule has 0 spiro atoms. The van der Waals surface area contributed by atoms with E-state index in [0.29, 0.717) is 44.3 Å². The number of nitrogens with one attached hydrogen (secondary N) is 2. The molecule has 0 atom stereocenters. The van der Waals surface area contributed by atoms with Gasteiger partial charge in [0.1, 0.15) is 5.75 Å². The van der Waals surface area contributed by atoms with Crippen molar-refractivity contribution in [2.45, 2.75) is 6.42 Å². The van der Waals surface area contributed by atoms with Gasteiger partial charge in [-0.25, -0.2) is 4.79 Å². The molecule has 8 heteroatoms. The Bertz CT molecular complexity index is 745. The van der Waals surface area contributed by atoms with E-state index in [4.69, 9.17) is 9.47 Å². The van der Waals surface area contributed by atoms with Crippen LogP contribution < -0.4 is 15.4 Å². The molecule has 144 valence electrons. The first-order valence-electron chi connectivity index (χ1n) is 8.86. The van der Waals surface area contributed by atoms with E-state index >= 15 is 0 Å². The molecule has 3 amide bonds. The zero-order chi connectivity index (χ0) is 18.9. The van der Waals surface area contributed by atoms with E-state index in [1.54, 1.807) is 40.5 Å². The molecule has 2 heterocycles. The molecule has 1 aliphatic rings. The smallest absolute Gasteiger partial charge is 0.319 e. The Balaban J connectivity index is 1.42. The number of rotatable bonds is 7. The predicted molar refractivity (Wildman–Crippen MR) is 104 cm³/mol. The highest BCUT2D eigenvalue weighted by molar-refractivity contribution is 7.09. The van der Waals surface area contributed by atoms with Crippen molar-refractivity contribution in [3.8, 4) is 5.75 Å². The van der Waals surface area contributed by atoms with Crippen LogP contribution in [0.2, 0.25) is 0 Å². The Morgan fingerprint density at radius 3 is 2.81 bits per heavy atom. The van der Waals surface area contributed by atoms with Crippen LogP contribution in [-0.2, 0) is 16.0 Å². The number of carbonyl (C=O) groups excluding carboxylic acids is 2. The van der Waals surface area contributed by atoms with Crippen LogP contribution in [0.1, 0.15) is 4.88 Å². The van der Waals surface area contributed by atoms with E-state index in [0.717, 1.165) is 6.42 Å². The molecule has 1 aliphatic heterocycles. The monoisotopic (exact) mass is 389 g/mol. The summed E-state index contributed by atoms with van der Waals surface area (Å²) in [5, 5.41) is 7.62. The number of nitrogens with zero attached hydrogens (tertiary/aromatic N) is 1. The van der Waals surface area contributed by atoms with Crippen LogP contribution in [0.5, 0.6) is 5.75 Å². The van der Waals surface area contributed by atoms with Gasteiger partial charge in [0, 0.05) is 36.3 Å². The minimum Gasteiger partial charge on any atom is -0.484 e. The van der Waals surface area contributed by atoms with E-state index in [9.17, 15) is 9.59 Å². The highest BCUT2D eigenvalue weighted by Gasteiger charge is 2.17. The van der Waals surface area contributed by atoms with E-state index in [-0.39, 0.29) is 18.5 Å². The molecule has 1 fully saturated rings. The molecule has 0 radical (unpaired) electrons. The molecule has 0 bridgehead atoms. The summed E-state index contributed by atoms with van der Waals surface area (Å²) in [7, 11) is 0. The van der Waals surface area contributed by atoms with Crippen molar-refractivity contribution in [1.29, 1.82) is 0 Å². The second-order valence-corrected chi connectivity index (χ2v) is 7.05. The maximum Gasteiger partial charge on any atom is 0.319 e. The van der Waals surface area contributed by atoms with Gasteiger partial charge in [0.25, 0.3) is 5.91 Å². The van der Waals surface area contributed by atoms with Crippen molar-refractivity contribution in [1.82, 2.24) is 10.2 Å². The van der Waals surface area contributed by atoms with Crippen LogP contribution in [0, 0.1) is 0 Å². The van der Waals surface area contributed by atoms with Crippen LogP contribution in [-0.4, -0.2) is 56.3 Å². The third-order valence-corrected chi connectivity index (χ3v) is 4.99. The van der Waals surface area contributed by atoms with Crippen molar-refractivity contribution in [2.24, 2.45) is 0 Å². The fourth-order valence-electron chi connectivity index (χ4n) is 2.64. The number of morpholine rings is 1. The van der Waals surface area contributed by atoms with Gasteiger partial charge in [0.05, 0.1) is 13.2 Å². The summed E-state index contributed by atoms with van der Waals surface area (Å²) in [5.74, 6) is 0.468. The molecule has 27 heavy (non-hydrogen) atoms. The van der Waals surface area contributed by atoms with E-state index in [1.807, 2.05) is 17.5 Å². The Morgan fingerprint density at radius 1 is 1.19 bits per heavy atom. The van der Waals surface area contributed by atoms with Gasteiger partial charge in [-0.15, -0.1) is 11.3 Å². The van der Waals surface area contributed by atoms with Gasteiger partial charge < -0.3 is 25.0 Å². The fourth-order valence-corrected chi connectivity index (χ4v) is 3.35. The number of thiophene rings is 1. The normalized spacial score (nSPS) is 13.9. The van der Waals surface area contributed by atoms with Gasteiger partial charge in [0.2, 0.25) is 0 Å².